The maximum absolute atomic E-state index is 12.3. The van der Waals surface area contributed by atoms with Crippen molar-refractivity contribution >= 4 is 46.3 Å². The first kappa shape index (κ1) is 18.4. The van der Waals surface area contributed by atoms with Crippen molar-refractivity contribution in [1.82, 2.24) is 0 Å². The Kier molecular flexibility index (Phi) is 5.70. The highest BCUT2D eigenvalue weighted by molar-refractivity contribution is 6.31. The van der Waals surface area contributed by atoms with Gasteiger partial charge < -0.3 is 5.32 Å². The van der Waals surface area contributed by atoms with Crippen molar-refractivity contribution < 1.29 is 14.5 Å². The largest absolute Gasteiger partial charge is 0.319 e. The number of nitro groups is 1. The van der Waals surface area contributed by atoms with Gasteiger partial charge in [-0.1, -0.05) is 23.2 Å². The number of ketones is 1. The molecule has 2 aromatic carbocycles. The van der Waals surface area contributed by atoms with Crippen LogP contribution in [0.5, 0.6) is 0 Å². The van der Waals surface area contributed by atoms with Gasteiger partial charge in [0.1, 0.15) is 5.69 Å². The van der Waals surface area contributed by atoms with Crippen LogP contribution in [-0.2, 0) is 4.79 Å². The van der Waals surface area contributed by atoms with Gasteiger partial charge in [0.25, 0.3) is 5.69 Å². The molecular formula is C16H9Cl2N3O4. The number of anilines is 1. The van der Waals surface area contributed by atoms with Gasteiger partial charge in [0.05, 0.1) is 11.0 Å². The molecule has 1 amide bonds. The fourth-order valence-electron chi connectivity index (χ4n) is 1.98. The second kappa shape index (κ2) is 7.75. The Morgan fingerprint density at radius 2 is 1.72 bits per heavy atom. The van der Waals surface area contributed by atoms with Gasteiger partial charge in [0.15, 0.2) is 11.7 Å². The lowest BCUT2D eigenvalue weighted by molar-refractivity contribution is -0.383. The van der Waals surface area contributed by atoms with Gasteiger partial charge in [-0.25, -0.2) is 0 Å². The Morgan fingerprint density at radius 1 is 1.12 bits per heavy atom. The second-order valence-electron chi connectivity index (χ2n) is 4.84. The maximum Gasteiger partial charge on any atom is 0.294 e. The summed E-state index contributed by atoms with van der Waals surface area (Å²) in [5.41, 5.74) is -0.489. The molecule has 0 aliphatic rings. The zero-order valence-electron chi connectivity index (χ0n) is 12.4. The number of amides is 1. The zero-order chi connectivity index (χ0) is 18.6. The van der Waals surface area contributed by atoms with Crippen LogP contribution in [0.3, 0.4) is 0 Å². The van der Waals surface area contributed by atoms with E-state index in [0.717, 1.165) is 6.07 Å². The van der Waals surface area contributed by atoms with E-state index in [2.05, 4.69) is 5.32 Å². The van der Waals surface area contributed by atoms with Crippen LogP contribution in [0.1, 0.15) is 10.4 Å². The average molecular weight is 378 g/mol. The number of hydrogen-bond acceptors (Lipinski definition) is 5. The normalized spacial score (nSPS) is 11.2. The lowest BCUT2D eigenvalue weighted by Crippen LogP contribution is -2.29. The highest BCUT2D eigenvalue weighted by Crippen LogP contribution is 2.28. The number of nitrogens with one attached hydrogen (secondary N) is 1. The second-order valence-corrected chi connectivity index (χ2v) is 5.71. The first-order valence-electron chi connectivity index (χ1n) is 6.77. The van der Waals surface area contributed by atoms with Crippen molar-refractivity contribution in [3.63, 3.8) is 0 Å². The van der Waals surface area contributed by atoms with E-state index in [4.69, 9.17) is 23.2 Å². The molecule has 0 aliphatic heterocycles. The molecule has 25 heavy (non-hydrogen) atoms. The SMILES string of the molecule is N#CC(C(=O)Nc1ccc(Cl)cc1[N+](=O)[O-])C(=O)c1ccc(Cl)cc1. The van der Waals surface area contributed by atoms with Crippen LogP contribution in [0.2, 0.25) is 10.0 Å². The van der Waals surface area contributed by atoms with Gasteiger partial charge in [-0.3, -0.25) is 19.7 Å². The molecule has 0 saturated heterocycles. The molecule has 0 heterocycles. The van der Waals surface area contributed by atoms with Gasteiger partial charge in [-0.2, -0.15) is 5.26 Å². The van der Waals surface area contributed by atoms with Crippen molar-refractivity contribution in [3.8, 4) is 6.07 Å². The van der Waals surface area contributed by atoms with Crippen LogP contribution in [-0.4, -0.2) is 16.6 Å². The number of nitrogens with zero attached hydrogens (tertiary/aromatic N) is 2. The number of Topliss-reactive ketones (excluding diaryl/α,β-unsaturated/α-hetero) is 1. The third kappa shape index (κ3) is 4.32. The number of hydrogen-bond donors (Lipinski definition) is 1. The highest BCUT2D eigenvalue weighted by atomic mass is 35.5. The highest BCUT2D eigenvalue weighted by Gasteiger charge is 2.29. The average Bonchev–Trinajstić information content (AvgIpc) is 2.57. The third-order valence-electron chi connectivity index (χ3n) is 3.20. The molecule has 2 rings (SSSR count). The topological polar surface area (TPSA) is 113 Å². The Labute approximate surface area is 151 Å². The summed E-state index contributed by atoms with van der Waals surface area (Å²) < 4.78 is 0. The van der Waals surface area contributed by atoms with Crippen molar-refractivity contribution in [1.29, 1.82) is 5.26 Å². The van der Waals surface area contributed by atoms with Gasteiger partial charge in [0, 0.05) is 21.7 Å². The number of nitro benzene ring substituents is 1. The molecule has 7 nitrogen and oxygen atoms in total. The minimum Gasteiger partial charge on any atom is -0.319 e. The van der Waals surface area contributed by atoms with Crippen molar-refractivity contribution in [3.05, 3.63) is 68.2 Å². The summed E-state index contributed by atoms with van der Waals surface area (Å²) in [6, 6.07) is 10.9. The molecule has 0 bridgehead atoms. The van der Waals surface area contributed by atoms with Crippen LogP contribution >= 0.6 is 23.2 Å². The molecule has 0 fully saturated rings. The summed E-state index contributed by atoms with van der Waals surface area (Å²) in [6.07, 6.45) is 0. The number of benzene rings is 2. The molecule has 1 atom stereocenters. The van der Waals surface area contributed by atoms with E-state index in [1.165, 1.54) is 36.4 Å². The van der Waals surface area contributed by atoms with Crippen LogP contribution in [0.15, 0.2) is 42.5 Å². The molecule has 0 spiro atoms. The fourth-order valence-corrected chi connectivity index (χ4v) is 2.28. The standard InChI is InChI=1S/C16H9Cl2N3O4/c17-10-3-1-9(2-4-10)15(22)12(8-19)16(23)20-13-6-5-11(18)7-14(13)21(24)25/h1-7,12H,(H,20,23). The lowest BCUT2D eigenvalue weighted by atomic mass is 9.98. The molecule has 0 saturated carbocycles. The Hall–Kier alpha value is -2.95. The molecule has 2 aromatic rings. The molecule has 1 unspecified atom stereocenters. The maximum atomic E-state index is 12.3. The Morgan fingerprint density at radius 3 is 2.28 bits per heavy atom. The minimum atomic E-state index is -1.67. The summed E-state index contributed by atoms with van der Waals surface area (Å²) in [6.45, 7) is 0. The predicted octanol–water partition coefficient (Wildman–Crippen LogP) is 3.86. The summed E-state index contributed by atoms with van der Waals surface area (Å²) in [7, 11) is 0. The van der Waals surface area contributed by atoms with E-state index in [1.807, 2.05) is 0 Å². The molecule has 9 heteroatoms. The Bertz CT molecular complexity index is 891. The first-order valence-corrected chi connectivity index (χ1v) is 7.53. The van der Waals surface area contributed by atoms with Crippen molar-refractivity contribution in [2.75, 3.05) is 5.32 Å². The number of carbonyl (C=O) groups excluding carboxylic acids is 2. The monoisotopic (exact) mass is 377 g/mol. The zero-order valence-corrected chi connectivity index (χ0v) is 13.9. The predicted molar refractivity (Wildman–Crippen MR) is 91.6 cm³/mol. The van der Waals surface area contributed by atoms with E-state index in [1.54, 1.807) is 6.07 Å². The molecule has 0 radical (unpaired) electrons. The molecule has 1 N–H and O–H groups in total. The van der Waals surface area contributed by atoms with Gasteiger partial charge in [-0.05, 0) is 36.4 Å². The number of halogens is 2. The van der Waals surface area contributed by atoms with E-state index < -0.39 is 28.2 Å². The van der Waals surface area contributed by atoms with E-state index in [0.29, 0.717) is 5.02 Å². The molecule has 0 aliphatic carbocycles. The Balaban J connectivity index is 2.27. The third-order valence-corrected chi connectivity index (χ3v) is 3.68. The number of carbonyl (C=O) groups is 2. The molecule has 126 valence electrons. The van der Waals surface area contributed by atoms with E-state index >= 15 is 0 Å². The summed E-state index contributed by atoms with van der Waals surface area (Å²) in [4.78, 5) is 34.9. The summed E-state index contributed by atoms with van der Waals surface area (Å²) >= 11 is 11.4. The number of rotatable bonds is 5. The van der Waals surface area contributed by atoms with Gasteiger partial charge >= 0.3 is 0 Å². The van der Waals surface area contributed by atoms with Gasteiger partial charge in [0.2, 0.25) is 5.91 Å². The molecular weight excluding hydrogens is 369 g/mol. The van der Waals surface area contributed by atoms with Gasteiger partial charge in [-0.15, -0.1) is 0 Å². The molecule has 0 aromatic heterocycles. The van der Waals surface area contributed by atoms with Crippen molar-refractivity contribution in [2.24, 2.45) is 5.92 Å². The van der Waals surface area contributed by atoms with Crippen molar-refractivity contribution in [2.45, 2.75) is 0 Å². The van der Waals surface area contributed by atoms with Crippen LogP contribution in [0.25, 0.3) is 0 Å². The first-order chi connectivity index (χ1) is 11.8. The smallest absolute Gasteiger partial charge is 0.294 e. The van der Waals surface area contributed by atoms with E-state index in [9.17, 15) is 25.0 Å². The van der Waals surface area contributed by atoms with Crippen LogP contribution in [0, 0.1) is 27.4 Å². The number of nitriles is 1. The quantitative estimate of drug-likeness (QED) is 0.367. The summed E-state index contributed by atoms with van der Waals surface area (Å²) in [5, 5.41) is 22.9. The minimum absolute atomic E-state index is 0.110. The van der Waals surface area contributed by atoms with Crippen LogP contribution in [0.4, 0.5) is 11.4 Å². The lowest BCUT2D eigenvalue weighted by Gasteiger charge is -2.10. The van der Waals surface area contributed by atoms with E-state index in [-0.39, 0.29) is 16.3 Å². The van der Waals surface area contributed by atoms with Crippen LogP contribution < -0.4 is 5.32 Å². The fraction of sp³-hybridized carbons (Fsp3) is 0.0625. The summed E-state index contributed by atoms with van der Waals surface area (Å²) in [5.74, 6) is -3.39.